The zero-order chi connectivity index (χ0) is 10.2. The molecule has 0 amide bonds. The fraction of sp³-hybridized carbons (Fsp3) is 0.364. The molecule has 0 radical (unpaired) electrons. The van der Waals surface area contributed by atoms with Crippen LogP contribution in [0.15, 0.2) is 31.0 Å². The van der Waals surface area contributed by atoms with Crippen molar-refractivity contribution < 1.29 is 4.74 Å². The van der Waals surface area contributed by atoms with Gasteiger partial charge in [0, 0.05) is 18.8 Å². The largest absolute Gasteiger partial charge is 0.481 e. The lowest BCUT2D eigenvalue weighted by molar-refractivity contribution is 0.397. The van der Waals surface area contributed by atoms with Crippen molar-refractivity contribution in [1.29, 1.82) is 0 Å². The molecule has 1 aromatic rings. The highest BCUT2D eigenvalue weighted by atomic mass is 16.5. The number of hydrogen-bond donors (Lipinski definition) is 1. The standard InChI is InChI=1S/C11H16N2O/c1-3-4-6-12-9-10-5-7-13-11(8-10)14-2/h3,5,7-8,12H,1,4,6,9H2,2H3. The van der Waals surface area contributed by atoms with Crippen LogP contribution in [0.2, 0.25) is 0 Å². The van der Waals surface area contributed by atoms with Crippen molar-refractivity contribution in [2.45, 2.75) is 13.0 Å². The molecule has 0 atom stereocenters. The quantitative estimate of drug-likeness (QED) is 0.551. The lowest BCUT2D eigenvalue weighted by atomic mass is 10.2. The fourth-order valence-electron chi connectivity index (χ4n) is 1.11. The number of hydrogen-bond acceptors (Lipinski definition) is 3. The van der Waals surface area contributed by atoms with Gasteiger partial charge in [-0.15, -0.1) is 6.58 Å². The second-order valence-corrected chi connectivity index (χ2v) is 2.96. The minimum atomic E-state index is 0.660. The minimum absolute atomic E-state index is 0.660. The Balaban J connectivity index is 2.38. The number of methoxy groups -OCH3 is 1. The second kappa shape index (κ2) is 6.16. The van der Waals surface area contributed by atoms with Crippen molar-refractivity contribution in [3.8, 4) is 5.88 Å². The van der Waals surface area contributed by atoms with Crippen molar-refractivity contribution in [3.63, 3.8) is 0 Å². The summed E-state index contributed by atoms with van der Waals surface area (Å²) in [7, 11) is 1.62. The number of ether oxygens (including phenoxy) is 1. The van der Waals surface area contributed by atoms with Crippen LogP contribution in [0.1, 0.15) is 12.0 Å². The Morgan fingerprint density at radius 2 is 2.50 bits per heavy atom. The van der Waals surface area contributed by atoms with E-state index in [4.69, 9.17) is 4.74 Å². The Labute approximate surface area is 84.8 Å². The third-order valence-electron chi connectivity index (χ3n) is 1.86. The molecule has 0 unspecified atom stereocenters. The van der Waals surface area contributed by atoms with Gasteiger partial charge >= 0.3 is 0 Å². The Morgan fingerprint density at radius 1 is 1.64 bits per heavy atom. The molecule has 0 fully saturated rings. The van der Waals surface area contributed by atoms with E-state index in [-0.39, 0.29) is 0 Å². The molecule has 1 N–H and O–H groups in total. The van der Waals surface area contributed by atoms with Crippen LogP contribution in [0.4, 0.5) is 0 Å². The average molecular weight is 192 g/mol. The first-order valence-corrected chi connectivity index (χ1v) is 4.67. The number of nitrogens with zero attached hydrogens (tertiary/aromatic N) is 1. The van der Waals surface area contributed by atoms with Gasteiger partial charge in [-0.05, 0) is 24.6 Å². The summed E-state index contributed by atoms with van der Waals surface area (Å²) in [5.41, 5.74) is 1.18. The van der Waals surface area contributed by atoms with Crippen LogP contribution in [0, 0.1) is 0 Å². The Hall–Kier alpha value is -1.35. The molecule has 14 heavy (non-hydrogen) atoms. The maximum Gasteiger partial charge on any atom is 0.213 e. The van der Waals surface area contributed by atoms with Gasteiger partial charge in [-0.2, -0.15) is 0 Å². The minimum Gasteiger partial charge on any atom is -0.481 e. The van der Waals surface area contributed by atoms with Crippen molar-refractivity contribution >= 4 is 0 Å². The van der Waals surface area contributed by atoms with Crippen LogP contribution in [-0.2, 0) is 6.54 Å². The van der Waals surface area contributed by atoms with E-state index >= 15 is 0 Å². The molecule has 0 saturated carbocycles. The van der Waals surface area contributed by atoms with Gasteiger partial charge in [0.05, 0.1) is 7.11 Å². The first-order valence-electron chi connectivity index (χ1n) is 4.67. The lowest BCUT2D eigenvalue weighted by Crippen LogP contribution is -2.14. The highest BCUT2D eigenvalue weighted by molar-refractivity contribution is 5.20. The van der Waals surface area contributed by atoms with Gasteiger partial charge in [0.2, 0.25) is 5.88 Å². The van der Waals surface area contributed by atoms with Crippen LogP contribution in [0.25, 0.3) is 0 Å². The van der Waals surface area contributed by atoms with Crippen molar-refractivity contribution in [2.75, 3.05) is 13.7 Å². The van der Waals surface area contributed by atoms with Crippen molar-refractivity contribution in [1.82, 2.24) is 10.3 Å². The number of pyridine rings is 1. The van der Waals surface area contributed by atoms with Gasteiger partial charge in [0.1, 0.15) is 0 Å². The molecule has 0 spiro atoms. The first-order chi connectivity index (χ1) is 6.86. The molecular weight excluding hydrogens is 176 g/mol. The van der Waals surface area contributed by atoms with Gasteiger partial charge in [0.15, 0.2) is 0 Å². The van der Waals surface area contributed by atoms with E-state index in [1.165, 1.54) is 5.56 Å². The molecule has 0 aliphatic rings. The van der Waals surface area contributed by atoms with E-state index < -0.39 is 0 Å². The molecule has 76 valence electrons. The summed E-state index contributed by atoms with van der Waals surface area (Å²) in [6, 6.07) is 3.91. The molecule has 0 aliphatic heterocycles. The monoisotopic (exact) mass is 192 g/mol. The maximum atomic E-state index is 5.03. The molecule has 1 aromatic heterocycles. The normalized spacial score (nSPS) is 9.79. The third-order valence-corrected chi connectivity index (χ3v) is 1.86. The predicted octanol–water partition coefficient (Wildman–Crippen LogP) is 1.76. The van der Waals surface area contributed by atoms with Gasteiger partial charge in [-0.25, -0.2) is 4.98 Å². The molecule has 1 rings (SSSR count). The Morgan fingerprint density at radius 3 is 3.21 bits per heavy atom. The smallest absolute Gasteiger partial charge is 0.213 e. The van der Waals surface area contributed by atoms with Crippen LogP contribution < -0.4 is 10.1 Å². The predicted molar refractivity (Wildman–Crippen MR) is 57.3 cm³/mol. The maximum absolute atomic E-state index is 5.03. The van der Waals surface area contributed by atoms with Crippen LogP contribution >= 0.6 is 0 Å². The van der Waals surface area contributed by atoms with E-state index in [9.17, 15) is 0 Å². The lowest BCUT2D eigenvalue weighted by Gasteiger charge is -2.04. The summed E-state index contributed by atoms with van der Waals surface area (Å²) in [5, 5.41) is 3.30. The Bertz CT molecular complexity index is 286. The summed E-state index contributed by atoms with van der Waals surface area (Å²) in [5.74, 6) is 0.660. The van der Waals surface area contributed by atoms with Crippen molar-refractivity contribution in [3.05, 3.63) is 36.5 Å². The van der Waals surface area contributed by atoms with Crippen LogP contribution in [0.3, 0.4) is 0 Å². The number of nitrogens with one attached hydrogen (secondary N) is 1. The molecule has 0 aliphatic carbocycles. The number of aromatic nitrogens is 1. The van der Waals surface area contributed by atoms with E-state index in [1.807, 2.05) is 18.2 Å². The van der Waals surface area contributed by atoms with Crippen LogP contribution in [0.5, 0.6) is 5.88 Å². The van der Waals surface area contributed by atoms with E-state index in [2.05, 4.69) is 16.9 Å². The SMILES string of the molecule is C=CCCNCc1ccnc(OC)c1. The second-order valence-electron chi connectivity index (χ2n) is 2.96. The molecule has 0 saturated heterocycles. The van der Waals surface area contributed by atoms with E-state index in [0.29, 0.717) is 5.88 Å². The summed E-state index contributed by atoms with van der Waals surface area (Å²) < 4.78 is 5.03. The van der Waals surface area contributed by atoms with Crippen molar-refractivity contribution in [2.24, 2.45) is 0 Å². The van der Waals surface area contributed by atoms with Gasteiger partial charge in [-0.3, -0.25) is 0 Å². The molecular formula is C11H16N2O. The summed E-state index contributed by atoms with van der Waals surface area (Å²) in [6.07, 6.45) is 4.64. The topological polar surface area (TPSA) is 34.2 Å². The summed E-state index contributed by atoms with van der Waals surface area (Å²) in [6.45, 7) is 5.46. The highest BCUT2D eigenvalue weighted by Gasteiger charge is 1.95. The molecule has 3 heteroatoms. The fourth-order valence-corrected chi connectivity index (χ4v) is 1.11. The summed E-state index contributed by atoms with van der Waals surface area (Å²) in [4.78, 5) is 4.04. The molecule has 0 bridgehead atoms. The molecule has 1 heterocycles. The zero-order valence-electron chi connectivity index (χ0n) is 8.49. The first kappa shape index (κ1) is 10.7. The van der Waals surface area contributed by atoms with Crippen LogP contribution in [-0.4, -0.2) is 18.6 Å². The highest BCUT2D eigenvalue weighted by Crippen LogP contribution is 2.07. The van der Waals surface area contributed by atoms with Gasteiger partial charge in [0.25, 0.3) is 0 Å². The van der Waals surface area contributed by atoms with E-state index in [0.717, 1.165) is 19.5 Å². The number of rotatable bonds is 6. The summed E-state index contributed by atoms with van der Waals surface area (Å²) >= 11 is 0. The molecule has 0 aromatic carbocycles. The van der Waals surface area contributed by atoms with Gasteiger partial charge < -0.3 is 10.1 Å². The Kier molecular flexibility index (Phi) is 4.72. The zero-order valence-corrected chi connectivity index (χ0v) is 8.49. The molecule has 3 nitrogen and oxygen atoms in total. The van der Waals surface area contributed by atoms with E-state index in [1.54, 1.807) is 13.3 Å². The average Bonchev–Trinajstić information content (AvgIpc) is 2.25. The third kappa shape index (κ3) is 3.58. The van der Waals surface area contributed by atoms with Gasteiger partial charge in [-0.1, -0.05) is 6.08 Å².